The predicted molar refractivity (Wildman–Crippen MR) is 22.7 cm³/mol. The molecule has 1 saturated carbocycles. The molecule has 47 valence electrons. The molecule has 8 heavy (non-hydrogen) atoms. The van der Waals surface area contributed by atoms with E-state index in [0.29, 0.717) is 0 Å². The Morgan fingerprint density at radius 3 is 1.75 bits per heavy atom. The summed E-state index contributed by atoms with van der Waals surface area (Å²) in [5.41, 5.74) is 0. The van der Waals surface area contributed by atoms with Crippen LogP contribution in [0.3, 0.4) is 0 Å². The fourth-order valence-electron chi connectivity index (χ4n) is 0.348. The molecule has 0 aliphatic heterocycles. The van der Waals surface area contributed by atoms with Gasteiger partial charge in [0.15, 0.2) is 0 Å². The Bertz CT molecular complexity index is 191. The monoisotopic (exact) mass is 139 g/mol. The first kappa shape index (κ1) is 5.97. The Balaban J connectivity index is 2.90. The highest BCUT2D eigenvalue weighted by atomic mass is 32.2. The molecule has 0 saturated heterocycles. The minimum atomic E-state index is -4.65. The fourth-order valence-corrected chi connectivity index (χ4v) is 0.950. The highest BCUT2D eigenvalue weighted by Gasteiger charge is 2.56. The maximum atomic E-state index is 12.1. The van der Waals surface area contributed by atoms with Gasteiger partial charge in [-0.25, -0.2) is 4.39 Å². The lowest BCUT2D eigenvalue weighted by molar-refractivity contribution is 0.328. The lowest BCUT2D eigenvalue weighted by Gasteiger charge is -1.92. The van der Waals surface area contributed by atoms with Gasteiger partial charge in [0.05, 0.1) is 0 Å². The normalized spacial score (nSPS) is 25.2. The molecule has 1 fully saturated rings. The van der Waals surface area contributed by atoms with Gasteiger partial charge >= 0.3 is 10.1 Å². The zero-order chi connectivity index (χ0) is 6.41. The van der Waals surface area contributed by atoms with Gasteiger partial charge in [0.1, 0.15) is 0 Å². The Labute approximate surface area is 46.3 Å². The smallest absolute Gasteiger partial charge is 0.224 e. The average Bonchev–Trinajstić information content (AvgIpc) is 2.16. The third kappa shape index (κ3) is 0.714. The van der Waals surface area contributed by atoms with Crippen LogP contribution in [0.25, 0.3) is 0 Å². The second kappa shape index (κ2) is 1.22. The van der Waals surface area contributed by atoms with Crippen LogP contribution in [0.4, 0.5) is 4.39 Å². The van der Waals surface area contributed by atoms with Crippen molar-refractivity contribution in [3.63, 3.8) is 0 Å². The Morgan fingerprint density at radius 1 is 1.38 bits per heavy atom. The van der Waals surface area contributed by atoms with Crippen LogP contribution in [0.15, 0.2) is 0 Å². The third-order valence-electron chi connectivity index (χ3n) is 1.09. The second-order valence-corrected chi connectivity index (χ2v) is 3.48. The first-order valence-electron chi connectivity index (χ1n) is 2.10. The summed E-state index contributed by atoms with van der Waals surface area (Å²) in [4.78, 5) is 0. The summed E-state index contributed by atoms with van der Waals surface area (Å²) in [7, 11) is -4.65. The molecule has 1 rings (SSSR count). The minimum absolute atomic E-state index is 0.126. The molecule has 1 radical (unpaired) electrons. The van der Waals surface area contributed by atoms with E-state index >= 15 is 0 Å². The molecule has 0 spiro atoms. The molecule has 0 N–H and O–H groups in total. The zero-order valence-corrected chi connectivity index (χ0v) is 4.74. The van der Waals surface area contributed by atoms with Crippen molar-refractivity contribution in [3.05, 3.63) is 0 Å². The summed E-state index contributed by atoms with van der Waals surface area (Å²) in [6.45, 7) is 0. The van der Waals surface area contributed by atoms with Crippen molar-refractivity contribution in [2.45, 2.75) is 17.8 Å². The minimum Gasteiger partial charge on any atom is -0.224 e. The SMILES string of the molecule is [O]S(=O)(=O)C1(F)CC1. The van der Waals surface area contributed by atoms with Gasteiger partial charge in [0, 0.05) is 12.8 Å². The highest BCUT2D eigenvalue weighted by Crippen LogP contribution is 2.44. The number of hydrogen-bond acceptors (Lipinski definition) is 2. The molecular formula is C3H4FO3S. The number of halogens is 1. The van der Waals surface area contributed by atoms with E-state index in [9.17, 15) is 17.4 Å². The Hall–Kier alpha value is -0.160. The number of alkyl halides is 1. The Morgan fingerprint density at radius 2 is 1.75 bits per heavy atom. The molecule has 1 aliphatic rings. The quantitative estimate of drug-likeness (QED) is 0.521. The second-order valence-electron chi connectivity index (χ2n) is 1.84. The molecule has 0 amide bonds. The summed E-state index contributed by atoms with van der Waals surface area (Å²) < 4.78 is 41.5. The van der Waals surface area contributed by atoms with E-state index in [1.807, 2.05) is 0 Å². The molecule has 0 heterocycles. The van der Waals surface area contributed by atoms with Crippen molar-refractivity contribution < 1.29 is 17.4 Å². The molecule has 1 aliphatic carbocycles. The lowest BCUT2D eigenvalue weighted by atomic mass is 10.9. The summed E-state index contributed by atoms with van der Waals surface area (Å²) in [5, 5.41) is -2.40. The van der Waals surface area contributed by atoms with Crippen LogP contribution in [0.1, 0.15) is 12.8 Å². The standard InChI is InChI=1S/C3H4FO3S/c4-3(1-2-3)8(5,6)7/h1-2H2. The average molecular weight is 139 g/mol. The molecule has 0 atom stereocenters. The lowest BCUT2D eigenvalue weighted by Crippen LogP contribution is -2.13. The predicted octanol–water partition coefficient (Wildman–Crippen LogP) is 0.206. The molecule has 0 unspecified atom stereocenters. The van der Waals surface area contributed by atoms with Crippen molar-refractivity contribution in [1.29, 1.82) is 0 Å². The van der Waals surface area contributed by atoms with Crippen molar-refractivity contribution in [3.8, 4) is 0 Å². The first-order valence-corrected chi connectivity index (χ1v) is 3.51. The fraction of sp³-hybridized carbons (Fsp3) is 1.00. The first-order chi connectivity index (χ1) is 3.46. The molecule has 0 aromatic rings. The Kier molecular flexibility index (Phi) is 0.908. The van der Waals surface area contributed by atoms with Crippen molar-refractivity contribution in [2.24, 2.45) is 0 Å². The van der Waals surface area contributed by atoms with Crippen LogP contribution < -0.4 is 0 Å². The van der Waals surface area contributed by atoms with E-state index in [1.165, 1.54) is 0 Å². The van der Waals surface area contributed by atoms with Crippen molar-refractivity contribution >= 4 is 10.1 Å². The topological polar surface area (TPSA) is 54.0 Å². The van der Waals surface area contributed by atoms with Crippen LogP contribution >= 0.6 is 0 Å². The van der Waals surface area contributed by atoms with Gasteiger partial charge in [0.2, 0.25) is 5.00 Å². The van der Waals surface area contributed by atoms with Crippen LogP contribution in [0.2, 0.25) is 0 Å². The van der Waals surface area contributed by atoms with E-state index in [2.05, 4.69) is 0 Å². The summed E-state index contributed by atoms with van der Waals surface area (Å²) >= 11 is 0. The van der Waals surface area contributed by atoms with E-state index in [1.54, 1.807) is 0 Å². The molecule has 0 aromatic carbocycles. The number of rotatable bonds is 1. The van der Waals surface area contributed by atoms with Crippen LogP contribution in [0.5, 0.6) is 0 Å². The molecule has 0 bridgehead atoms. The van der Waals surface area contributed by atoms with Gasteiger partial charge in [-0.1, -0.05) is 4.55 Å². The zero-order valence-electron chi connectivity index (χ0n) is 3.93. The highest BCUT2D eigenvalue weighted by molar-refractivity contribution is 7.87. The maximum Gasteiger partial charge on any atom is 0.330 e. The molecule has 5 heteroatoms. The van der Waals surface area contributed by atoms with Gasteiger partial charge in [-0.2, -0.15) is 8.42 Å². The summed E-state index contributed by atoms with van der Waals surface area (Å²) in [6.07, 6.45) is -0.252. The molecule has 0 aromatic heterocycles. The van der Waals surface area contributed by atoms with Crippen molar-refractivity contribution in [2.75, 3.05) is 0 Å². The van der Waals surface area contributed by atoms with Gasteiger partial charge in [0.25, 0.3) is 0 Å². The van der Waals surface area contributed by atoms with Gasteiger partial charge in [-0.05, 0) is 0 Å². The van der Waals surface area contributed by atoms with Crippen LogP contribution in [-0.2, 0) is 14.7 Å². The van der Waals surface area contributed by atoms with Gasteiger partial charge < -0.3 is 0 Å². The van der Waals surface area contributed by atoms with E-state index in [-0.39, 0.29) is 12.8 Å². The van der Waals surface area contributed by atoms with E-state index in [0.717, 1.165) is 0 Å². The summed E-state index contributed by atoms with van der Waals surface area (Å²) in [5.74, 6) is 0. The van der Waals surface area contributed by atoms with Crippen LogP contribution in [-0.4, -0.2) is 13.4 Å². The molecular weight excluding hydrogens is 135 g/mol. The van der Waals surface area contributed by atoms with Crippen LogP contribution in [0, 0.1) is 0 Å². The van der Waals surface area contributed by atoms with Gasteiger partial charge in [-0.3, -0.25) is 0 Å². The third-order valence-corrected chi connectivity index (χ3v) is 2.40. The largest absolute Gasteiger partial charge is 0.330 e. The number of hydrogen-bond donors (Lipinski definition) is 0. The summed E-state index contributed by atoms with van der Waals surface area (Å²) in [6, 6.07) is 0. The molecule has 3 nitrogen and oxygen atoms in total. The van der Waals surface area contributed by atoms with E-state index in [4.69, 9.17) is 0 Å². The van der Waals surface area contributed by atoms with Crippen molar-refractivity contribution in [1.82, 2.24) is 0 Å². The van der Waals surface area contributed by atoms with Gasteiger partial charge in [-0.15, -0.1) is 0 Å². The van der Waals surface area contributed by atoms with E-state index < -0.39 is 15.1 Å². The maximum absolute atomic E-state index is 12.1.